The fraction of sp³-hybridized carbons (Fsp3) is 0.400. The molecule has 0 aliphatic heterocycles. The zero-order valence-electron chi connectivity index (χ0n) is 8.71. The van der Waals surface area contributed by atoms with E-state index < -0.39 is 19.0 Å². The van der Waals surface area contributed by atoms with E-state index in [9.17, 15) is 17.6 Å². The summed E-state index contributed by atoms with van der Waals surface area (Å²) in [6.45, 7) is -1.03. The van der Waals surface area contributed by atoms with Crippen LogP contribution in [0.15, 0.2) is 24.3 Å². The maximum absolute atomic E-state index is 12.5. The zero-order chi connectivity index (χ0) is 12.2. The van der Waals surface area contributed by atoms with Gasteiger partial charge in [0.25, 0.3) is 0 Å². The monoisotopic (exact) mass is 273 g/mol. The summed E-state index contributed by atoms with van der Waals surface area (Å²) in [5.74, 6) is -4.02. The minimum Gasteiger partial charge on any atom is -0.487 e. The van der Waals surface area contributed by atoms with Crippen LogP contribution in [-0.4, -0.2) is 19.0 Å². The maximum atomic E-state index is 12.5. The molecule has 0 aromatic heterocycles. The first-order valence-electron chi connectivity index (χ1n) is 4.53. The van der Waals surface area contributed by atoms with E-state index in [1.54, 1.807) is 12.1 Å². The van der Waals surface area contributed by atoms with Gasteiger partial charge in [0.2, 0.25) is 0 Å². The number of hydrogen-bond acceptors (Lipinski definition) is 2. The highest BCUT2D eigenvalue weighted by atomic mass is 35.5. The van der Waals surface area contributed by atoms with E-state index in [2.05, 4.69) is 4.74 Å². The lowest BCUT2D eigenvalue weighted by molar-refractivity contribution is -0.148. The molecule has 2 nitrogen and oxygen atoms in total. The van der Waals surface area contributed by atoms with Crippen molar-refractivity contribution in [2.24, 2.45) is 5.73 Å². The Bertz CT molecular complexity index is 332. The first-order chi connectivity index (χ1) is 7.45. The minimum absolute atomic E-state index is 0. The minimum atomic E-state index is -4.13. The van der Waals surface area contributed by atoms with Gasteiger partial charge in [-0.05, 0) is 17.7 Å². The Morgan fingerprint density at radius 2 is 1.71 bits per heavy atom. The molecule has 0 bridgehead atoms. The molecule has 0 fully saturated rings. The predicted octanol–water partition coefficient (Wildman–Crippen LogP) is 2.85. The van der Waals surface area contributed by atoms with Crippen molar-refractivity contribution in [3.05, 3.63) is 29.8 Å². The summed E-state index contributed by atoms with van der Waals surface area (Å²) in [6.07, 6.45) is -3.73. The van der Waals surface area contributed by atoms with Crippen molar-refractivity contribution >= 4 is 12.4 Å². The summed E-state index contributed by atoms with van der Waals surface area (Å²) in [6, 6.07) is 5.97. The smallest absolute Gasteiger partial charge is 0.340 e. The number of halogens is 5. The molecule has 1 rings (SSSR count). The summed E-state index contributed by atoms with van der Waals surface area (Å²) >= 11 is 0. The first-order valence-corrected chi connectivity index (χ1v) is 4.53. The Morgan fingerprint density at radius 3 is 2.12 bits per heavy atom. The molecule has 0 spiro atoms. The standard InChI is InChI=1S/C10H11F4NO.ClH/c11-9(12)10(13,14)6-16-8-3-1-7(5-15)2-4-8;/h1-4,9H,5-6,15H2;1H. The van der Waals surface area contributed by atoms with E-state index in [1.807, 2.05) is 0 Å². The molecule has 0 heterocycles. The van der Waals surface area contributed by atoms with Crippen LogP contribution in [0.2, 0.25) is 0 Å². The normalized spacial score (nSPS) is 11.2. The van der Waals surface area contributed by atoms with Crippen LogP contribution in [0.4, 0.5) is 17.6 Å². The Hall–Kier alpha value is -1.01. The van der Waals surface area contributed by atoms with Crippen LogP contribution in [-0.2, 0) is 6.54 Å². The average Bonchev–Trinajstić information content (AvgIpc) is 2.27. The number of alkyl halides is 4. The van der Waals surface area contributed by atoms with Crippen LogP contribution in [0.3, 0.4) is 0 Å². The largest absolute Gasteiger partial charge is 0.487 e. The van der Waals surface area contributed by atoms with Gasteiger partial charge in [-0.2, -0.15) is 8.78 Å². The van der Waals surface area contributed by atoms with E-state index in [-0.39, 0.29) is 18.2 Å². The Kier molecular flexibility index (Phi) is 6.26. The van der Waals surface area contributed by atoms with Gasteiger partial charge in [-0.15, -0.1) is 12.4 Å². The third-order valence-electron chi connectivity index (χ3n) is 1.91. The molecular formula is C10H12ClF4NO. The van der Waals surface area contributed by atoms with Gasteiger partial charge in [0, 0.05) is 6.54 Å². The van der Waals surface area contributed by atoms with Crippen LogP contribution in [0.25, 0.3) is 0 Å². The molecular weight excluding hydrogens is 262 g/mol. The molecule has 0 saturated heterocycles. The van der Waals surface area contributed by atoms with Crippen LogP contribution in [0.5, 0.6) is 5.75 Å². The van der Waals surface area contributed by atoms with Gasteiger partial charge < -0.3 is 10.5 Å². The topological polar surface area (TPSA) is 35.2 Å². The fourth-order valence-electron chi connectivity index (χ4n) is 0.964. The highest BCUT2D eigenvalue weighted by molar-refractivity contribution is 5.85. The summed E-state index contributed by atoms with van der Waals surface area (Å²) < 4.78 is 53.1. The van der Waals surface area contributed by atoms with Gasteiger partial charge in [-0.1, -0.05) is 12.1 Å². The summed E-state index contributed by atoms with van der Waals surface area (Å²) in [4.78, 5) is 0. The Labute approximate surface area is 102 Å². The van der Waals surface area contributed by atoms with E-state index in [1.165, 1.54) is 12.1 Å². The molecule has 1 aromatic carbocycles. The Morgan fingerprint density at radius 1 is 1.18 bits per heavy atom. The number of ether oxygens (including phenoxy) is 1. The molecule has 17 heavy (non-hydrogen) atoms. The van der Waals surface area contributed by atoms with Crippen molar-refractivity contribution in [1.82, 2.24) is 0 Å². The van der Waals surface area contributed by atoms with Gasteiger partial charge >= 0.3 is 12.3 Å². The molecule has 0 atom stereocenters. The first kappa shape index (κ1) is 16.0. The molecule has 0 amide bonds. The van der Waals surface area contributed by atoms with Gasteiger partial charge in [-0.3, -0.25) is 0 Å². The summed E-state index contributed by atoms with van der Waals surface area (Å²) in [5, 5.41) is 0. The van der Waals surface area contributed by atoms with Gasteiger partial charge in [0.15, 0.2) is 6.61 Å². The Balaban J connectivity index is 0.00000256. The van der Waals surface area contributed by atoms with Crippen LogP contribution >= 0.6 is 12.4 Å². The van der Waals surface area contributed by atoms with Gasteiger partial charge in [-0.25, -0.2) is 8.78 Å². The van der Waals surface area contributed by atoms with Crippen LogP contribution < -0.4 is 10.5 Å². The predicted molar refractivity (Wildman–Crippen MR) is 58.0 cm³/mol. The zero-order valence-corrected chi connectivity index (χ0v) is 9.52. The second-order valence-corrected chi connectivity index (χ2v) is 3.20. The van der Waals surface area contributed by atoms with Crippen molar-refractivity contribution in [3.8, 4) is 5.75 Å². The average molecular weight is 274 g/mol. The van der Waals surface area contributed by atoms with Crippen molar-refractivity contribution < 1.29 is 22.3 Å². The molecule has 2 N–H and O–H groups in total. The third kappa shape index (κ3) is 4.79. The summed E-state index contributed by atoms with van der Waals surface area (Å²) in [5.41, 5.74) is 6.12. The van der Waals surface area contributed by atoms with Crippen molar-refractivity contribution in [2.75, 3.05) is 6.61 Å². The summed E-state index contributed by atoms with van der Waals surface area (Å²) in [7, 11) is 0. The molecule has 1 aromatic rings. The van der Waals surface area contributed by atoms with Crippen molar-refractivity contribution in [1.29, 1.82) is 0 Å². The SMILES string of the molecule is Cl.NCc1ccc(OCC(F)(F)C(F)F)cc1. The lowest BCUT2D eigenvalue weighted by Gasteiger charge is -2.15. The van der Waals surface area contributed by atoms with Crippen molar-refractivity contribution in [3.63, 3.8) is 0 Å². The van der Waals surface area contributed by atoms with E-state index in [4.69, 9.17) is 5.73 Å². The lowest BCUT2D eigenvalue weighted by Crippen LogP contribution is -2.33. The van der Waals surface area contributed by atoms with Crippen LogP contribution in [0, 0.1) is 0 Å². The van der Waals surface area contributed by atoms with Crippen molar-refractivity contribution in [2.45, 2.75) is 18.9 Å². The highest BCUT2D eigenvalue weighted by Crippen LogP contribution is 2.24. The number of hydrogen-bond donors (Lipinski definition) is 1. The molecule has 0 saturated carbocycles. The van der Waals surface area contributed by atoms with Gasteiger partial charge in [0.1, 0.15) is 5.75 Å². The molecule has 0 radical (unpaired) electrons. The van der Waals surface area contributed by atoms with Crippen LogP contribution in [0.1, 0.15) is 5.56 Å². The molecule has 98 valence electrons. The second kappa shape index (κ2) is 6.66. The van der Waals surface area contributed by atoms with E-state index >= 15 is 0 Å². The fourth-order valence-corrected chi connectivity index (χ4v) is 0.964. The maximum Gasteiger partial charge on any atom is 0.340 e. The number of nitrogens with two attached hydrogens (primary N) is 1. The lowest BCUT2D eigenvalue weighted by atomic mass is 10.2. The quantitative estimate of drug-likeness (QED) is 0.837. The van der Waals surface area contributed by atoms with Gasteiger partial charge in [0.05, 0.1) is 0 Å². The molecule has 0 unspecified atom stereocenters. The molecule has 0 aliphatic carbocycles. The van der Waals surface area contributed by atoms with E-state index in [0.29, 0.717) is 6.54 Å². The van der Waals surface area contributed by atoms with E-state index in [0.717, 1.165) is 5.56 Å². The molecule has 7 heteroatoms. The third-order valence-corrected chi connectivity index (χ3v) is 1.91. The second-order valence-electron chi connectivity index (χ2n) is 3.20. The highest BCUT2D eigenvalue weighted by Gasteiger charge is 2.41. The number of rotatable bonds is 5. The molecule has 0 aliphatic rings. The number of benzene rings is 1.